The number of fused-ring (bicyclic) bond motifs is 1. The number of hydrogen-bond acceptors (Lipinski definition) is 3. The van der Waals surface area contributed by atoms with Crippen molar-refractivity contribution in [3.63, 3.8) is 0 Å². The van der Waals surface area contributed by atoms with Crippen LogP contribution in [0.3, 0.4) is 0 Å². The van der Waals surface area contributed by atoms with E-state index in [9.17, 15) is 22.8 Å². The topological polar surface area (TPSA) is 46.6 Å². The van der Waals surface area contributed by atoms with Crippen molar-refractivity contribution in [1.82, 2.24) is 4.90 Å². The molecule has 2 aliphatic heterocycles. The number of alkyl halides is 3. The quantitative estimate of drug-likeness (QED) is 0.659. The van der Waals surface area contributed by atoms with Gasteiger partial charge in [0.25, 0.3) is 5.91 Å². The van der Waals surface area contributed by atoms with Crippen molar-refractivity contribution in [3.8, 4) is 5.75 Å². The van der Waals surface area contributed by atoms with Gasteiger partial charge in [-0.25, -0.2) is 0 Å². The molecule has 0 bridgehead atoms. The molecule has 2 aromatic rings. The van der Waals surface area contributed by atoms with Gasteiger partial charge >= 0.3 is 6.18 Å². The molecule has 1 saturated heterocycles. The minimum absolute atomic E-state index is 0.00486. The molecule has 1 fully saturated rings. The van der Waals surface area contributed by atoms with Crippen molar-refractivity contribution >= 4 is 11.7 Å². The number of likely N-dealkylation sites (tertiary alicyclic amines) is 1. The van der Waals surface area contributed by atoms with E-state index in [2.05, 4.69) is 0 Å². The lowest BCUT2D eigenvalue weighted by Gasteiger charge is -2.44. The fourth-order valence-corrected chi connectivity index (χ4v) is 4.42. The molecule has 2 aliphatic rings. The summed E-state index contributed by atoms with van der Waals surface area (Å²) in [6.07, 6.45) is -3.59. The molecule has 0 atom stereocenters. The van der Waals surface area contributed by atoms with Crippen LogP contribution in [0.5, 0.6) is 5.75 Å². The Labute approximate surface area is 172 Å². The van der Waals surface area contributed by atoms with Gasteiger partial charge in [-0.1, -0.05) is 18.2 Å². The molecule has 1 amide bonds. The first kappa shape index (κ1) is 20.4. The highest BCUT2D eigenvalue weighted by atomic mass is 19.4. The Hall–Kier alpha value is -2.83. The van der Waals surface area contributed by atoms with Crippen molar-refractivity contribution in [2.45, 2.75) is 44.9 Å². The predicted molar refractivity (Wildman–Crippen MR) is 105 cm³/mol. The monoisotopic (exact) mass is 417 g/mol. The molecule has 4 rings (SSSR count). The summed E-state index contributed by atoms with van der Waals surface area (Å²) in [7, 11) is 0. The summed E-state index contributed by atoms with van der Waals surface area (Å²) in [4.78, 5) is 27.0. The third-order valence-corrected chi connectivity index (χ3v) is 5.95. The van der Waals surface area contributed by atoms with Crippen molar-refractivity contribution in [2.24, 2.45) is 0 Å². The van der Waals surface area contributed by atoms with Crippen molar-refractivity contribution in [1.29, 1.82) is 0 Å². The molecule has 1 spiro atoms. The second kappa shape index (κ2) is 7.15. The summed E-state index contributed by atoms with van der Waals surface area (Å²) in [6, 6.07) is 8.61. The van der Waals surface area contributed by atoms with E-state index in [-0.39, 0.29) is 30.9 Å². The van der Waals surface area contributed by atoms with Gasteiger partial charge in [-0.2, -0.15) is 13.2 Å². The number of ether oxygens (including phenoxy) is 1. The number of nitrogens with zero attached hydrogens (tertiary/aromatic N) is 1. The minimum Gasteiger partial charge on any atom is -0.486 e. The van der Waals surface area contributed by atoms with Crippen LogP contribution < -0.4 is 4.74 Å². The lowest BCUT2D eigenvalue weighted by molar-refractivity contribution is -0.138. The third-order valence-electron chi connectivity index (χ3n) is 5.95. The Morgan fingerprint density at radius 3 is 2.43 bits per heavy atom. The number of aryl methyl sites for hydroxylation is 2. The third kappa shape index (κ3) is 3.57. The van der Waals surface area contributed by atoms with Crippen molar-refractivity contribution in [3.05, 3.63) is 64.2 Å². The Balaban J connectivity index is 1.54. The van der Waals surface area contributed by atoms with Crippen LogP contribution in [0.1, 0.15) is 56.7 Å². The maximum Gasteiger partial charge on any atom is 0.417 e. The summed E-state index contributed by atoms with van der Waals surface area (Å²) < 4.78 is 46.1. The number of rotatable bonds is 1. The molecule has 0 unspecified atom stereocenters. The Morgan fingerprint density at radius 1 is 1.10 bits per heavy atom. The molecule has 2 heterocycles. The molecular formula is C23H22F3NO3. The van der Waals surface area contributed by atoms with Crippen molar-refractivity contribution in [2.75, 3.05) is 13.1 Å². The number of Topliss-reactive ketones (excluding diaryl/α,β-unsaturated/α-hetero) is 1. The molecule has 158 valence electrons. The SMILES string of the molecule is Cc1cc(C)c2c(c1)C(=O)CC1(CCN(C(=O)c3ccccc3C(F)(F)F)CC1)O2. The van der Waals surface area contributed by atoms with E-state index < -0.39 is 23.2 Å². The van der Waals surface area contributed by atoms with E-state index in [1.165, 1.54) is 23.1 Å². The van der Waals surface area contributed by atoms with Gasteiger partial charge in [0.05, 0.1) is 23.1 Å². The molecule has 0 aromatic heterocycles. The number of amides is 1. The second-order valence-corrected chi connectivity index (χ2v) is 8.18. The molecule has 4 nitrogen and oxygen atoms in total. The zero-order valence-electron chi connectivity index (χ0n) is 16.8. The lowest BCUT2D eigenvalue weighted by atomic mass is 9.81. The zero-order valence-corrected chi connectivity index (χ0v) is 16.8. The molecule has 0 aliphatic carbocycles. The number of piperidine rings is 1. The van der Waals surface area contributed by atoms with Gasteiger partial charge in [0, 0.05) is 25.9 Å². The first-order chi connectivity index (χ1) is 14.1. The van der Waals surface area contributed by atoms with E-state index in [4.69, 9.17) is 4.74 Å². The van der Waals surface area contributed by atoms with Crippen LogP contribution in [0.25, 0.3) is 0 Å². The van der Waals surface area contributed by atoms with Gasteiger partial charge < -0.3 is 9.64 Å². The standard InChI is InChI=1S/C23H22F3NO3/c1-14-11-15(2)20-17(12-14)19(28)13-22(30-20)7-9-27(10-8-22)21(29)16-5-3-4-6-18(16)23(24,25)26/h3-6,11-12H,7-10,13H2,1-2H3. The second-order valence-electron chi connectivity index (χ2n) is 8.18. The Morgan fingerprint density at radius 2 is 1.77 bits per heavy atom. The number of carbonyl (C=O) groups excluding carboxylic acids is 2. The van der Waals surface area contributed by atoms with Gasteiger partial charge in [0.2, 0.25) is 0 Å². The number of carbonyl (C=O) groups is 2. The largest absolute Gasteiger partial charge is 0.486 e. The van der Waals surface area contributed by atoms with E-state index in [1.807, 2.05) is 26.0 Å². The predicted octanol–water partition coefficient (Wildman–Crippen LogP) is 4.96. The minimum atomic E-state index is -4.60. The lowest BCUT2D eigenvalue weighted by Crippen LogP contribution is -2.52. The summed E-state index contributed by atoms with van der Waals surface area (Å²) in [5, 5.41) is 0. The summed E-state index contributed by atoms with van der Waals surface area (Å²) in [6.45, 7) is 4.29. The highest BCUT2D eigenvalue weighted by Crippen LogP contribution is 2.42. The van der Waals surface area contributed by atoms with Crippen LogP contribution in [0.2, 0.25) is 0 Å². The summed E-state index contributed by atoms with van der Waals surface area (Å²) in [5.74, 6) is -0.0589. The number of hydrogen-bond donors (Lipinski definition) is 0. The summed E-state index contributed by atoms with van der Waals surface area (Å²) >= 11 is 0. The highest BCUT2D eigenvalue weighted by Gasteiger charge is 2.45. The molecule has 0 radical (unpaired) electrons. The number of benzene rings is 2. The van der Waals surface area contributed by atoms with Gasteiger partial charge in [0.15, 0.2) is 5.78 Å². The van der Waals surface area contributed by atoms with E-state index in [1.54, 1.807) is 0 Å². The van der Waals surface area contributed by atoms with Gasteiger partial charge in [-0.3, -0.25) is 9.59 Å². The van der Waals surface area contributed by atoms with E-state index >= 15 is 0 Å². The highest BCUT2D eigenvalue weighted by molar-refractivity contribution is 6.01. The first-order valence-electron chi connectivity index (χ1n) is 9.89. The Kier molecular flexibility index (Phi) is 4.87. The van der Waals surface area contributed by atoms with Crippen LogP contribution in [0.4, 0.5) is 13.2 Å². The van der Waals surface area contributed by atoms with Gasteiger partial charge in [-0.05, 0) is 43.2 Å². The molecule has 7 heteroatoms. The summed E-state index contributed by atoms with van der Waals surface area (Å²) in [5.41, 5.74) is 0.455. The van der Waals surface area contributed by atoms with Crippen LogP contribution >= 0.6 is 0 Å². The van der Waals surface area contributed by atoms with Crippen LogP contribution in [0.15, 0.2) is 36.4 Å². The number of ketones is 1. The normalized spacial score (nSPS) is 18.2. The average molecular weight is 417 g/mol. The van der Waals surface area contributed by atoms with Gasteiger partial charge in [-0.15, -0.1) is 0 Å². The first-order valence-corrected chi connectivity index (χ1v) is 9.89. The molecular weight excluding hydrogens is 395 g/mol. The fourth-order valence-electron chi connectivity index (χ4n) is 4.42. The van der Waals surface area contributed by atoms with Crippen LogP contribution in [-0.2, 0) is 6.18 Å². The van der Waals surface area contributed by atoms with E-state index in [0.29, 0.717) is 24.2 Å². The van der Waals surface area contributed by atoms with E-state index in [0.717, 1.165) is 17.2 Å². The molecule has 2 aromatic carbocycles. The fraction of sp³-hybridized carbons (Fsp3) is 0.391. The van der Waals surface area contributed by atoms with Gasteiger partial charge in [0.1, 0.15) is 11.4 Å². The maximum absolute atomic E-state index is 13.3. The van der Waals surface area contributed by atoms with Crippen molar-refractivity contribution < 1.29 is 27.5 Å². The Bertz CT molecular complexity index is 1020. The average Bonchev–Trinajstić information content (AvgIpc) is 2.69. The smallest absolute Gasteiger partial charge is 0.417 e. The maximum atomic E-state index is 13.3. The van der Waals surface area contributed by atoms with Crippen LogP contribution in [-0.4, -0.2) is 35.3 Å². The molecule has 30 heavy (non-hydrogen) atoms. The molecule has 0 N–H and O–H groups in total. The number of halogens is 3. The zero-order chi connectivity index (χ0) is 21.7. The molecule has 0 saturated carbocycles. The van der Waals surface area contributed by atoms with Crippen LogP contribution in [0, 0.1) is 13.8 Å².